The molecule has 0 aromatic carbocycles. The van der Waals surface area contributed by atoms with E-state index in [-0.39, 0.29) is 12.5 Å². The van der Waals surface area contributed by atoms with Crippen LogP contribution in [0.3, 0.4) is 0 Å². The Kier molecular flexibility index (Phi) is 4.35. The summed E-state index contributed by atoms with van der Waals surface area (Å²) < 4.78 is 2.34. The highest BCUT2D eigenvalue weighted by Gasteiger charge is 2.23. The molecule has 6 heteroatoms. The summed E-state index contributed by atoms with van der Waals surface area (Å²) in [4.78, 5) is 15.1. The number of thiophene rings is 2. The third kappa shape index (κ3) is 2.88. The van der Waals surface area contributed by atoms with Crippen LogP contribution < -0.4 is 5.32 Å². The van der Waals surface area contributed by atoms with Crippen molar-refractivity contribution >= 4 is 38.0 Å². The number of rotatable bonds is 5. The monoisotopic (exact) mass is 310 g/mol. The molecular formula is C14H18N2O2S2. The van der Waals surface area contributed by atoms with Crippen LogP contribution in [0.15, 0.2) is 17.5 Å². The van der Waals surface area contributed by atoms with Crippen molar-refractivity contribution in [2.24, 2.45) is 0 Å². The van der Waals surface area contributed by atoms with E-state index in [1.54, 1.807) is 27.6 Å². The molecule has 3 rings (SSSR count). The predicted octanol–water partition coefficient (Wildman–Crippen LogP) is 2.15. The Morgan fingerprint density at radius 2 is 2.40 bits per heavy atom. The third-order valence-corrected chi connectivity index (χ3v) is 5.69. The minimum Gasteiger partial charge on any atom is -0.395 e. The van der Waals surface area contributed by atoms with E-state index in [4.69, 9.17) is 0 Å². The average molecular weight is 310 g/mol. The largest absolute Gasteiger partial charge is 0.395 e. The summed E-state index contributed by atoms with van der Waals surface area (Å²) in [6.45, 7) is 2.13. The summed E-state index contributed by atoms with van der Waals surface area (Å²) in [5, 5.41) is 14.6. The molecule has 2 aromatic rings. The Labute approximate surface area is 126 Å². The zero-order chi connectivity index (χ0) is 13.9. The van der Waals surface area contributed by atoms with Gasteiger partial charge >= 0.3 is 0 Å². The first kappa shape index (κ1) is 14.0. The van der Waals surface area contributed by atoms with E-state index in [1.807, 2.05) is 11.4 Å². The Bertz CT molecular complexity index is 558. The van der Waals surface area contributed by atoms with Crippen molar-refractivity contribution in [1.82, 2.24) is 10.2 Å². The van der Waals surface area contributed by atoms with Crippen LogP contribution in [0.25, 0.3) is 9.40 Å². The third-order valence-electron chi connectivity index (χ3n) is 3.61. The molecular weight excluding hydrogens is 292 g/mol. The first-order valence-electron chi connectivity index (χ1n) is 6.88. The topological polar surface area (TPSA) is 52.6 Å². The predicted molar refractivity (Wildman–Crippen MR) is 83.7 cm³/mol. The van der Waals surface area contributed by atoms with Gasteiger partial charge in [-0.25, -0.2) is 0 Å². The summed E-state index contributed by atoms with van der Waals surface area (Å²) in [7, 11) is 0. The Morgan fingerprint density at radius 1 is 1.50 bits per heavy atom. The van der Waals surface area contributed by atoms with Gasteiger partial charge in [0.15, 0.2) is 0 Å². The van der Waals surface area contributed by atoms with Crippen LogP contribution in [-0.4, -0.2) is 48.2 Å². The van der Waals surface area contributed by atoms with E-state index < -0.39 is 0 Å². The van der Waals surface area contributed by atoms with E-state index in [0.717, 1.165) is 17.8 Å². The van der Waals surface area contributed by atoms with Crippen molar-refractivity contribution in [3.05, 3.63) is 22.4 Å². The van der Waals surface area contributed by atoms with Crippen LogP contribution >= 0.6 is 22.7 Å². The van der Waals surface area contributed by atoms with Crippen molar-refractivity contribution in [2.45, 2.75) is 18.9 Å². The zero-order valence-corrected chi connectivity index (χ0v) is 12.8. The molecule has 20 heavy (non-hydrogen) atoms. The minimum atomic E-state index is 0.0121. The minimum absolute atomic E-state index is 0.0121. The van der Waals surface area contributed by atoms with Crippen molar-refractivity contribution in [3.8, 4) is 0 Å². The van der Waals surface area contributed by atoms with Crippen LogP contribution in [-0.2, 0) is 0 Å². The van der Waals surface area contributed by atoms with Gasteiger partial charge < -0.3 is 15.3 Å². The number of amides is 1. The Hall–Kier alpha value is -0.950. The normalized spacial score (nSPS) is 18.8. The molecule has 0 bridgehead atoms. The molecule has 1 aliphatic heterocycles. The van der Waals surface area contributed by atoms with Crippen molar-refractivity contribution in [3.63, 3.8) is 0 Å². The van der Waals surface area contributed by atoms with Gasteiger partial charge in [0.2, 0.25) is 0 Å². The second kappa shape index (κ2) is 6.22. The summed E-state index contributed by atoms with van der Waals surface area (Å²) in [6, 6.07) is 4.39. The molecule has 2 N–H and O–H groups in total. The van der Waals surface area contributed by atoms with Gasteiger partial charge in [-0.15, -0.1) is 22.7 Å². The molecule has 1 unspecified atom stereocenters. The zero-order valence-electron chi connectivity index (χ0n) is 11.2. The fraction of sp³-hybridized carbons (Fsp3) is 0.500. The number of hydrogen-bond acceptors (Lipinski definition) is 5. The molecule has 1 aliphatic rings. The van der Waals surface area contributed by atoms with Crippen molar-refractivity contribution in [2.75, 3.05) is 26.2 Å². The number of nitrogens with zero attached hydrogens (tertiary/aromatic N) is 1. The molecule has 0 radical (unpaired) electrons. The number of aliphatic hydroxyl groups is 1. The standard InChI is InChI=1S/C14H18N2O2S2/c17-6-5-16(9-10-2-1-4-15-10)14(18)13-8-12-11(20-13)3-7-19-12/h3,7-8,10,15,17H,1-2,4-6,9H2. The van der Waals surface area contributed by atoms with Gasteiger partial charge in [-0.05, 0) is 36.9 Å². The summed E-state index contributed by atoms with van der Waals surface area (Å²) in [5.41, 5.74) is 0. The molecule has 0 saturated carbocycles. The van der Waals surface area contributed by atoms with Gasteiger partial charge in [-0.1, -0.05) is 0 Å². The highest BCUT2D eigenvalue weighted by Crippen LogP contribution is 2.30. The van der Waals surface area contributed by atoms with E-state index in [0.29, 0.717) is 19.1 Å². The van der Waals surface area contributed by atoms with Crippen molar-refractivity contribution in [1.29, 1.82) is 0 Å². The fourth-order valence-electron chi connectivity index (χ4n) is 2.60. The van der Waals surface area contributed by atoms with E-state index in [9.17, 15) is 9.90 Å². The van der Waals surface area contributed by atoms with E-state index in [1.165, 1.54) is 15.8 Å². The van der Waals surface area contributed by atoms with Crippen LogP contribution in [0.2, 0.25) is 0 Å². The number of carbonyl (C=O) groups excluding carboxylic acids is 1. The molecule has 4 nitrogen and oxygen atoms in total. The number of fused-ring (bicyclic) bond motifs is 1. The lowest BCUT2D eigenvalue weighted by molar-refractivity contribution is 0.0711. The van der Waals surface area contributed by atoms with E-state index in [2.05, 4.69) is 11.4 Å². The lowest BCUT2D eigenvalue weighted by atomic mass is 10.2. The highest BCUT2D eigenvalue weighted by atomic mass is 32.1. The number of aliphatic hydroxyl groups excluding tert-OH is 1. The number of nitrogens with one attached hydrogen (secondary N) is 1. The molecule has 2 aromatic heterocycles. The van der Waals surface area contributed by atoms with Gasteiger partial charge in [0.1, 0.15) is 0 Å². The maximum absolute atomic E-state index is 12.6. The molecule has 1 amide bonds. The Balaban J connectivity index is 1.75. The quantitative estimate of drug-likeness (QED) is 0.890. The van der Waals surface area contributed by atoms with Crippen molar-refractivity contribution < 1.29 is 9.90 Å². The van der Waals surface area contributed by atoms with Gasteiger partial charge in [0.25, 0.3) is 5.91 Å². The van der Waals surface area contributed by atoms with Crippen LogP contribution in [0.4, 0.5) is 0 Å². The lowest BCUT2D eigenvalue weighted by Crippen LogP contribution is -2.42. The van der Waals surface area contributed by atoms with E-state index >= 15 is 0 Å². The summed E-state index contributed by atoms with van der Waals surface area (Å²) in [5.74, 6) is 0.0427. The SMILES string of the molecule is O=C(c1cc2sccc2s1)N(CCO)CC1CCCN1. The van der Waals surface area contributed by atoms with Crippen LogP contribution in [0, 0.1) is 0 Å². The molecule has 0 aliphatic carbocycles. The maximum Gasteiger partial charge on any atom is 0.264 e. The molecule has 0 spiro atoms. The smallest absolute Gasteiger partial charge is 0.264 e. The average Bonchev–Trinajstić information content (AvgIpc) is 3.13. The Morgan fingerprint density at radius 3 is 3.10 bits per heavy atom. The first-order valence-corrected chi connectivity index (χ1v) is 8.58. The van der Waals surface area contributed by atoms with Gasteiger partial charge in [0, 0.05) is 28.5 Å². The van der Waals surface area contributed by atoms with Gasteiger partial charge in [0.05, 0.1) is 11.5 Å². The van der Waals surface area contributed by atoms with Crippen LogP contribution in [0.1, 0.15) is 22.5 Å². The van der Waals surface area contributed by atoms with Crippen LogP contribution in [0.5, 0.6) is 0 Å². The first-order chi connectivity index (χ1) is 9.78. The van der Waals surface area contributed by atoms with Gasteiger partial charge in [-0.2, -0.15) is 0 Å². The summed E-state index contributed by atoms with van der Waals surface area (Å²) >= 11 is 3.20. The highest BCUT2D eigenvalue weighted by molar-refractivity contribution is 7.27. The lowest BCUT2D eigenvalue weighted by Gasteiger charge is -2.24. The number of carbonyl (C=O) groups is 1. The fourth-order valence-corrected chi connectivity index (χ4v) is 4.68. The second-order valence-corrected chi connectivity index (χ2v) is 7.06. The molecule has 3 heterocycles. The molecule has 108 valence electrons. The number of hydrogen-bond donors (Lipinski definition) is 2. The molecule has 1 saturated heterocycles. The van der Waals surface area contributed by atoms with Gasteiger partial charge in [-0.3, -0.25) is 4.79 Å². The summed E-state index contributed by atoms with van der Waals surface area (Å²) in [6.07, 6.45) is 2.27. The maximum atomic E-state index is 12.6. The molecule has 1 atom stereocenters. The second-order valence-electron chi connectivity index (χ2n) is 5.03. The molecule has 1 fully saturated rings.